The first-order chi connectivity index (χ1) is 11.5. The summed E-state index contributed by atoms with van der Waals surface area (Å²) in [5, 5.41) is 6.82. The van der Waals surface area contributed by atoms with E-state index in [0.717, 1.165) is 5.56 Å². The summed E-state index contributed by atoms with van der Waals surface area (Å²) < 4.78 is 28.6. The normalized spacial score (nSPS) is 12.1. The standard InChI is InChI=1S/C18H20F2N2OS/c1-12(2)16(13-6-4-3-5-7-13)22-18(24)21-14-8-10-15(11-9-14)23-17(19)20/h3-12,16-17H,1-2H3,(H2,21,22,24)/t16-/m0/s1. The molecule has 0 heterocycles. The zero-order chi connectivity index (χ0) is 17.5. The predicted octanol–water partition coefficient (Wildman–Crippen LogP) is 4.97. The van der Waals surface area contributed by atoms with Gasteiger partial charge in [-0.15, -0.1) is 0 Å². The predicted molar refractivity (Wildman–Crippen MR) is 96.5 cm³/mol. The minimum absolute atomic E-state index is 0.0765. The van der Waals surface area contributed by atoms with Crippen LogP contribution in [0.3, 0.4) is 0 Å². The van der Waals surface area contributed by atoms with Gasteiger partial charge in [0.15, 0.2) is 5.11 Å². The van der Waals surface area contributed by atoms with E-state index in [1.54, 1.807) is 12.1 Å². The van der Waals surface area contributed by atoms with Gasteiger partial charge in [-0.3, -0.25) is 0 Å². The van der Waals surface area contributed by atoms with Crippen molar-refractivity contribution in [1.29, 1.82) is 0 Å². The fourth-order valence-corrected chi connectivity index (χ4v) is 2.57. The van der Waals surface area contributed by atoms with Gasteiger partial charge in [0.25, 0.3) is 0 Å². The summed E-state index contributed by atoms with van der Waals surface area (Å²) in [5.41, 5.74) is 1.85. The first-order valence-electron chi connectivity index (χ1n) is 7.63. The van der Waals surface area contributed by atoms with Gasteiger partial charge < -0.3 is 15.4 Å². The smallest absolute Gasteiger partial charge is 0.387 e. The Labute approximate surface area is 146 Å². The van der Waals surface area contributed by atoms with Crippen LogP contribution in [0.15, 0.2) is 54.6 Å². The van der Waals surface area contributed by atoms with Gasteiger partial charge in [-0.25, -0.2) is 0 Å². The topological polar surface area (TPSA) is 33.3 Å². The van der Waals surface area contributed by atoms with Crippen molar-refractivity contribution in [2.24, 2.45) is 5.92 Å². The monoisotopic (exact) mass is 350 g/mol. The number of hydrogen-bond donors (Lipinski definition) is 2. The highest BCUT2D eigenvalue weighted by Gasteiger charge is 2.16. The lowest BCUT2D eigenvalue weighted by Gasteiger charge is -2.24. The first-order valence-corrected chi connectivity index (χ1v) is 8.04. The molecule has 0 saturated carbocycles. The lowest BCUT2D eigenvalue weighted by Crippen LogP contribution is -2.34. The van der Waals surface area contributed by atoms with Gasteiger partial charge in [-0.1, -0.05) is 44.2 Å². The average Bonchev–Trinajstić information content (AvgIpc) is 2.54. The number of anilines is 1. The number of benzene rings is 2. The van der Waals surface area contributed by atoms with Gasteiger partial charge in [0.05, 0.1) is 6.04 Å². The number of halogens is 2. The Hall–Kier alpha value is -2.21. The number of nitrogens with one attached hydrogen (secondary N) is 2. The summed E-state index contributed by atoms with van der Waals surface area (Å²) in [6, 6.07) is 16.3. The van der Waals surface area contributed by atoms with E-state index in [9.17, 15) is 8.78 Å². The van der Waals surface area contributed by atoms with Crippen molar-refractivity contribution in [3.05, 3.63) is 60.2 Å². The van der Waals surface area contributed by atoms with Crippen molar-refractivity contribution in [1.82, 2.24) is 5.32 Å². The van der Waals surface area contributed by atoms with Crippen LogP contribution in [0.5, 0.6) is 5.75 Å². The van der Waals surface area contributed by atoms with Gasteiger partial charge >= 0.3 is 6.61 Å². The lowest BCUT2D eigenvalue weighted by atomic mass is 9.96. The molecule has 0 amide bonds. The van der Waals surface area contributed by atoms with E-state index in [1.165, 1.54) is 12.1 Å². The van der Waals surface area contributed by atoms with Crippen LogP contribution in [-0.4, -0.2) is 11.7 Å². The van der Waals surface area contributed by atoms with Gasteiger partial charge in [0, 0.05) is 5.69 Å². The maximum absolute atomic E-state index is 12.1. The number of hydrogen-bond acceptors (Lipinski definition) is 2. The summed E-state index contributed by atoms with van der Waals surface area (Å²) in [5.74, 6) is 0.452. The zero-order valence-electron chi connectivity index (χ0n) is 13.5. The second kappa shape index (κ2) is 8.59. The highest BCUT2D eigenvalue weighted by molar-refractivity contribution is 7.80. The molecule has 0 aliphatic carbocycles. The minimum atomic E-state index is -2.83. The molecule has 0 bridgehead atoms. The summed E-state index contributed by atoms with van der Waals surface area (Å²) in [6.45, 7) is 1.40. The maximum Gasteiger partial charge on any atom is 0.387 e. The number of alkyl halides is 2. The SMILES string of the molecule is CC(C)[C@H](NC(=S)Nc1ccc(OC(F)F)cc1)c1ccccc1. The molecule has 0 aromatic heterocycles. The maximum atomic E-state index is 12.1. The molecule has 0 saturated heterocycles. The Morgan fingerprint density at radius 1 is 1.00 bits per heavy atom. The second-order valence-corrected chi connectivity index (χ2v) is 6.04. The largest absolute Gasteiger partial charge is 0.435 e. The van der Waals surface area contributed by atoms with Gasteiger partial charge in [-0.2, -0.15) is 8.78 Å². The number of rotatable bonds is 6. The first kappa shape index (κ1) is 18.1. The van der Waals surface area contributed by atoms with E-state index in [1.807, 2.05) is 18.2 Å². The molecule has 0 spiro atoms. The molecular weight excluding hydrogens is 330 g/mol. The highest BCUT2D eigenvalue weighted by Crippen LogP contribution is 2.22. The lowest BCUT2D eigenvalue weighted by molar-refractivity contribution is -0.0498. The van der Waals surface area contributed by atoms with Gasteiger partial charge in [0.1, 0.15) is 5.75 Å². The fraction of sp³-hybridized carbons (Fsp3) is 0.278. The molecule has 128 valence electrons. The van der Waals surface area contributed by atoms with E-state index < -0.39 is 6.61 Å². The minimum Gasteiger partial charge on any atom is -0.435 e. The molecule has 0 aliphatic heterocycles. The van der Waals surface area contributed by atoms with Crippen molar-refractivity contribution in [3.63, 3.8) is 0 Å². The van der Waals surface area contributed by atoms with Crippen molar-refractivity contribution in [3.8, 4) is 5.75 Å². The van der Waals surface area contributed by atoms with Crippen LogP contribution >= 0.6 is 12.2 Å². The van der Waals surface area contributed by atoms with E-state index in [0.29, 0.717) is 16.7 Å². The van der Waals surface area contributed by atoms with E-state index in [4.69, 9.17) is 12.2 Å². The van der Waals surface area contributed by atoms with Crippen LogP contribution < -0.4 is 15.4 Å². The molecule has 2 aromatic carbocycles. The Kier molecular flexibility index (Phi) is 6.49. The summed E-state index contributed by atoms with van der Waals surface area (Å²) in [7, 11) is 0. The molecule has 2 rings (SSSR count). The van der Waals surface area contributed by atoms with Crippen molar-refractivity contribution in [2.75, 3.05) is 5.32 Å². The van der Waals surface area contributed by atoms with Crippen molar-refractivity contribution < 1.29 is 13.5 Å². The van der Waals surface area contributed by atoms with E-state index in [-0.39, 0.29) is 11.8 Å². The third-order valence-electron chi connectivity index (χ3n) is 3.45. The molecule has 0 fully saturated rings. The summed E-state index contributed by atoms with van der Waals surface area (Å²) in [4.78, 5) is 0. The highest BCUT2D eigenvalue weighted by atomic mass is 32.1. The summed E-state index contributed by atoms with van der Waals surface area (Å²) >= 11 is 5.36. The Morgan fingerprint density at radius 3 is 2.17 bits per heavy atom. The fourth-order valence-electron chi connectivity index (χ4n) is 2.32. The Bertz CT molecular complexity index is 648. The Balaban J connectivity index is 1.98. The number of thiocarbonyl (C=S) groups is 1. The molecule has 2 N–H and O–H groups in total. The van der Waals surface area contributed by atoms with Crippen LogP contribution in [0.25, 0.3) is 0 Å². The van der Waals surface area contributed by atoms with Crippen molar-refractivity contribution in [2.45, 2.75) is 26.5 Å². The Morgan fingerprint density at radius 2 is 1.62 bits per heavy atom. The average molecular weight is 350 g/mol. The van der Waals surface area contributed by atoms with Crippen LogP contribution in [0.4, 0.5) is 14.5 Å². The second-order valence-electron chi connectivity index (χ2n) is 5.63. The van der Waals surface area contributed by atoms with Crippen LogP contribution in [0.2, 0.25) is 0 Å². The van der Waals surface area contributed by atoms with Crippen molar-refractivity contribution >= 4 is 23.0 Å². The van der Waals surface area contributed by atoms with E-state index >= 15 is 0 Å². The molecule has 0 radical (unpaired) electrons. The molecular formula is C18H20F2N2OS. The third kappa shape index (κ3) is 5.45. The zero-order valence-corrected chi connectivity index (χ0v) is 14.3. The third-order valence-corrected chi connectivity index (χ3v) is 3.67. The van der Waals surface area contributed by atoms with Crippen LogP contribution in [0, 0.1) is 5.92 Å². The molecule has 1 atom stereocenters. The number of ether oxygens (including phenoxy) is 1. The molecule has 3 nitrogen and oxygen atoms in total. The summed E-state index contributed by atoms with van der Waals surface area (Å²) in [6.07, 6.45) is 0. The van der Waals surface area contributed by atoms with Gasteiger partial charge in [-0.05, 0) is 48.0 Å². The molecule has 0 unspecified atom stereocenters. The van der Waals surface area contributed by atoms with E-state index in [2.05, 4.69) is 41.4 Å². The molecule has 2 aromatic rings. The quantitative estimate of drug-likeness (QED) is 0.721. The van der Waals surface area contributed by atoms with Crippen LogP contribution in [0.1, 0.15) is 25.5 Å². The molecule has 6 heteroatoms. The van der Waals surface area contributed by atoms with Crippen LogP contribution in [-0.2, 0) is 0 Å². The molecule has 0 aliphatic rings. The molecule has 24 heavy (non-hydrogen) atoms. The van der Waals surface area contributed by atoms with Gasteiger partial charge in [0.2, 0.25) is 0 Å².